The first-order chi connectivity index (χ1) is 9.25. The van der Waals surface area contributed by atoms with E-state index in [9.17, 15) is 4.79 Å². The molecule has 0 aromatic heterocycles. The summed E-state index contributed by atoms with van der Waals surface area (Å²) >= 11 is 0. The summed E-state index contributed by atoms with van der Waals surface area (Å²) in [5.41, 5.74) is 4.89. The van der Waals surface area contributed by atoms with Crippen molar-refractivity contribution in [3.8, 4) is 0 Å². The second-order valence-electron chi connectivity index (χ2n) is 7.01. The van der Waals surface area contributed by atoms with Crippen molar-refractivity contribution in [3.63, 3.8) is 0 Å². The summed E-state index contributed by atoms with van der Waals surface area (Å²) in [7, 11) is 0. The van der Waals surface area contributed by atoms with Gasteiger partial charge >= 0.3 is 0 Å². The van der Waals surface area contributed by atoms with Crippen LogP contribution in [0.3, 0.4) is 0 Å². The summed E-state index contributed by atoms with van der Waals surface area (Å²) < 4.78 is 11.2. The lowest BCUT2D eigenvalue weighted by Crippen LogP contribution is -2.77. The van der Waals surface area contributed by atoms with Gasteiger partial charge in [0.1, 0.15) is 5.54 Å². The molecule has 2 rings (SSSR count). The van der Waals surface area contributed by atoms with Crippen LogP contribution in [0.2, 0.25) is 0 Å². The summed E-state index contributed by atoms with van der Waals surface area (Å²) in [6.07, 6.45) is 2.54. The maximum Gasteiger partial charge on any atom is 0.241 e. The van der Waals surface area contributed by atoms with E-state index in [4.69, 9.17) is 15.2 Å². The van der Waals surface area contributed by atoms with E-state index in [2.05, 4.69) is 5.32 Å². The monoisotopic (exact) mass is 284 g/mol. The minimum atomic E-state index is -0.854. The highest BCUT2D eigenvalue weighted by Gasteiger charge is 2.63. The molecule has 2 fully saturated rings. The molecule has 3 atom stereocenters. The van der Waals surface area contributed by atoms with Gasteiger partial charge in [-0.2, -0.15) is 0 Å². The zero-order valence-electron chi connectivity index (χ0n) is 13.1. The van der Waals surface area contributed by atoms with Crippen LogP contribution in [0.15, 0.2) is 0 Å². The quantitative estimate of drug-likeness (QED) is 0.813. The van der Waals surface area contributed by atoms with Crippen molar-refractivity contribution in [1.29, 1.82) is 0 Å². The lowest BCUT2D eigenvalue weighted by atomic mass is 9.54. The van der Waals surface area contributed by atoms with Crippen molar-refractivity contribution in [2.24, 2.45) is 11.1 Å². The first-order valence-electron chi connectivity index (χ1n) is 7.56. The van der Waals surface area contributed by atoms with E-state index >= 15 is 0 Å². The molecule has 1 saturated carbocycles. The van der Waals surface area contributed by atoms with Gasteiger partial charge < -0.3 is 20.5 Å². The second-order valence-corrected chi connectivity index (χ2v) is 7.01. The Bertz CT molecular complexity index is 377. The minimum Gasteiger partial charge on any atom is -0.379 e. The summed E-state index contributed by atoms with van der Waals surface area (Å²) in [4.78, 5) is 12.6. The fraction of sp³-hybridized carbons (Fsp3) is 0.933. The Morgan fingerprint density at radius 2 is 2.15 bits per heavy atom. The number of hydrogen-bond donors (Lipinski definition) is 2. The Morgan fingerprint density at radius 1 is 1.45 bits per heavy atom. The van der Waals surface area contributed by atoms with Crippen LogP contribution in [0.4, 0.5) is 0 Å². The molecule has 3 N–H and O–H groups in total. The maximum atomic E-state index is 12.6. The number of carbonyl (C=O) groups excluding carboxylic acids is 1. The SMILES string of the molecule is CCOC1CC(N)(C(=O)NC2(C)CCCOC2)C1(C)C. The van der Waals surface area contributed by atoms with Crippen LogP contribution in [0, 0.1) is 5.41 Å². The summed E-state index contributed by atoms with van der Waals surface area (Å²) in [6.45, 7) is 10.00. The molecule has 1 aliphatic heterocycles. The van der Waals surface area contributed by atoms with Gasteiger partial charge in [-0.15, -0.1) is 0 Å². The molecule has 0 aromatic carbocycles. The highest BCUT2D eigenvalue weighted by atomic mass is 16.5. The number of carbonyl (C=O) groups is 1. The van der Waals surface area contributed by atoms with E-state index in [1.54, 1.807) is 0 Å². The Kier molecular flexibility index (Phi) is 4.15. The molecule has 2 aliphatic rings. The topological polar surface area (TPSA) is 73.6 Å². The van der Waals surface area contributed by atoms with Crippen LogP contribution in [-0.4, -0.2) is 42.9 Å². The smallest absolute Gasteiger partial charge is 0.241 e. The van der Waals surface area contributed by atoms with E-state index in [-0.39, 0.29) is 23.0 Å². The van der Waals surface area contributed by atoms with Crippen LogP contribution in [0.1, 0.15) is 47.0 Å². The normalized spacial score (nSPS) is 40.0. The van der Waals surface area contributed by atoms with Crippen molar-refractivity contribution >= 4 is 5.91 Å². The van der Waals surface area contributed by atoms with Crippen molar-refractivity contribution in [2.45, 2.75) is 64.1 Å². The molecule has 0 bridgehead atoms. The Balaban J connectivity index is 2.02. The lowest BCUT2D eigenvalue weighted by molar-refractivity contribution is -0.173. The molecule has 1 aliphatic carbocycles. The van der Waals surface area contributed by atoms with Gasteiger partial charge in [0.25, 0.3) is 0 Å². The Hall–Kier alpha value is -0.650. The molecular formula is C15H28N2O3. The number of ether oxygens (including phenoxy) is 2. The first kappa shape index (κ1) is 15.7. The van der Waals surface area contributed by atoms with Crippen molar-refractivity contribution in [2.75, 3.05) is 19.8 Å². The largest absolute Gasteiger partial charge is 0.379 e. The first-order valence-corrected chi connectivity index (χ1v) is 7.56. The third-order valence-corrected chi connectivity index (χ3v) is 5.09. The molecule has 0 spiro atoms. The highest BCUT2D eigenvalue weighted by molar-refractivity contribution is 5.89. The lowest BCUT2D eigenvalue weighted by Gasteiger charge is -2.58. The molecule has 116 valence electrons. The molecule has 0 aromatic rings. The van der Waals surface area contributed by atoms with Gasteiger partial charge in [0.2, 0.25) is 5.91 Å². The number of nitrogens with two attached hydrogens (primary N) is 1. The average molecular weight is 284 g/mol. The number of nitrogens with one attached hydrogen (secondary N) is 1. The maximum absolute atomic E-state index is 12.6. The van der Waals surface area contributed by atoms with Gasteiger partial charge in [0.15, 0.2) is 0 Å². The average Bonchev–Trinajstić information content (AvgIpc) is 2.38. The van der Waals surface area contributed by atoms with Crippen LogP contribution in [0.25, 0.3) is 0 Å². The van der Waals surface area contributed by atoms with E-state index in [1.807, 2.05) is 27.7 Å². The molecule has 1 saturated heterocycles. The molecule has 3 unspecified atom stereocenters. The molecule has 5 heteroatoms. The summed E-state index contributed by atoms with van der Waals surface area (Å²) in [5.74, 6) is -0.0774. The standard InChI is InChI=1S/C15H28N2O3/c1-5-20-11-9-15(16,13(11,2)3)12(18)17-14(4)7-6-8-19-10-14/h11H,5-10,16H2,1-4H3,(H,17,18). The third kappa shape index (κ3) is 2.47. The van der Waals surface area contributed by atoms with E-state index < -0.39 is 5.54 Å². The number of rotatable bonds is 4. The molecular weight excluding hydrogens is 256 g/mol. The number of amides is 1. The van der Waals surface area contributed by atoms with Crippen molar-refractivity contribution < 1.29 is 14.3 Å². The van der Waals surface area contributed by atoms with Gasteiger partial charge in [-0.05, 0) is 26.7 Å². The zero-order valence-corrected chi connectivity index (χ0v) is 13.1. The van der Waals surface area contributed by atoms with E-state index in [1.165, 1.54) is 0 Å². The fourth-order valence-corrected chi connectivity index (χ4v) is 3.24. The molecule has 5 nitrogen and oxygen atoms in total. The van der Waals surface area contributed by atoms with Crippen LogP contribution < -0.4 is 11.1 Å². The molecule has 20 heavy (non-hydrogen) atoms. The van der Waals surface area contributed by atoms with Gasteiger partial charge in [0, 0.05) is 25.0 Å². The molecule has 1 amide bonds. The third-order valence-electron chi connectivity index (χ3n) is 5.09. The molecule has 1 heterocycles. The van der Waals surface area contributed by atoms with Gasteiger partial charge in [0.05, 0.1) is 18.2 Å². The summed E-state index contributed by atoms with van der Waals surface area (Å²) in [6, 6.07) is 0. The van der Waals surface area contributed by atoms with Crippen LogP contribution in [-0.2, 0) is 14.3 Å². The Labute approximate surface area is 121 Å². The zero-order chi connectivity index (χ0) is 15.0. The van der Waals surface area contributed by atoms with Crippen molar-refractivity contribution in [1.82, 2.24) is 5.32 Å². The van der Waals surface area contributed by atoms with Crippen LogP contribution in [0.5, 0.6) is 0 Å². The van der Waals surface area contributed by atoms with Crippen molar-refractivity contribution in [3.05, 3.63) is 0 Å². The molecule has 0 radical (unpaired) electrons. The number of hydrogen-bond acceptors (Lipinski definition) is 4. The predicted molar refractivity (Wildman–Crippen MR) is 77.3 cm³/mol. The van der Waals surface area contributed by atoms with E-state index in [0.29, 0.717) is 19.6 Å². The highest BCUT2D eigenvalue weighted by Crippen LogP contribution is 2.50. The van der Waals surface area contributed by atoms with Gasteiger partial charge in [-0.3, -0.25) is 4.79 Å². The van der Waals surface area contributed by atoms with Crippen LogP contribution >= 0.6 is 0 Å². The van der Waals surface area contributed by atoms with E-state index in [0.717, 1.165) is 19.4 Å². The van der Waals surface area contributed by atoms with Gasteiger partial charge in [-0.25, -0.2) is 0 Å². The summed E-state index contributed by atoms with van der Waals surface area (Å²) in [5, 5.41) is 3.11. The fourth-order valence-electron chi connectivity index (χ4n) is 3.24. The van der Waals surface area contributed by atoms with Gasteiger partial charge in [-0.1, -0.05) is 13.8 Å². The second kappa shape index (κ2) is 5.28. The minimum absolute atomic E-state index is 0.0543. The predicted octanol–water partition coefficient (Wildman–Crippen LogP) is 1.20. The Morgan fingerprint density at radius 3 is 2.65 bits per heavy atom.